The number of amides is 1. The average molecular weight is 530 g/mol. The van der Waals surface area contributed by atoms with Gasteiger partial charge in [0.05, 0.1) is 23.6 Å². The highest BCUT2D eigenvalue weighted by Gasteiger charge is 2.23. The van der Waals surface area contributed by atoms with Gasteiger partial charge in [0.2, 0.25) is 5.78 Å². The summed E-state index contributed by atoms with van der Waals surface area (Å²) in [6, 6.07) is 14.9. The molecular formula is C25H24ClN3O8. The minimum Gasteiger partial charge on any atom is -0.462 e. The molecule has 0 radical (unpaired) electrons. The van der Waals surface area contributed by atoms with E-state index in [1.165, 1.54) is 0 Å². The summed E-state index contributed by atoms with van der Waals surface area (Å²) in [6.45, 7) is 2.07. The molecule has 2 rings (SSSR count). The highest BCUT2D eigenvalue weighted by Crippen LogP contribution is 2.20. The molecule has 1 amide bonds. The van der Waals surface area contributed by atoms with Gasteiger partial charge in [-0.25, -0.2) is 4.79 Å². The van der Waals surface area contributed by atoms with Gasteiger partial charge in [0.1, 0.15) is 13.2 Å². The number of hydrogen-bond donors (Lipinski definition) is 2. The number of carbonyl (C=O) groups excluding carboxylic acids is 5. The maximum Gasteiger partial charge on any atom is 0.330 e. The van der Waals surface area contributed by atoms with Crippen LogP contribution >= 0.6 is 11.6 Å². The lowest BCUT2D eigenvalue weighted by molar-refractivity contribution is -0.153. The van der Waals surface area contributed by atoms with E-state index in [4.69, 9.17) is 21.1 Å². The molecule has 0 aliphatic carbocycles. The molecule has 0 saturated carbocycles. The Kier molecular flexibility index (Phi) is 12.0. The van der Waals surface area contributed by atoms with Crippen molar-refractivity contribution < 1.29 is 38.2 Å². The van der Waals surface area contributed by atoms with Gasteiger partial charge in [-0.1, -0.05) is 48.5 Å². The van der Waals surface area contributed by atoms with Crippen LogP contribution in [0.5, 0.6) is 0 Å². The zero-order valence-electron chi connectivity index (χ0n) is 19.6. The van der Waals surface area contributed by atoms with E-state index in [1.54, 1.807) is 54.6 Å². The fraction of sp³-hybridized carbons (Fsp3) is 0.200. The first kappa shape index (κ1) is 28.7. The number of para-hydroxylation sites is 2. The van der Waals surface area contributed by atoms with E-state index in [0.29, 0.717) is 16.4 Å². The zero-order chi connectivity index (χ0) is 27.0. The van der Waals surface area contributed by atoms with E-state index in [-0.39, 0.29) is 26.1 Å². The Bertz CT molecular complexity index is 1170. The Hall–Kier alpha value is -4.51. The van der Waals surface area contributed by atoms with Crippen LogP contribution in [-0.4, -0.2) is 55.1 Å². The van der Waals surface area contributed by atoms with Crippen molar-refractivity contribution in [3.63, 3.8) is 0 Å². The van der Waals surface area contributed by atoms with E-state index < -0.39 is 41.9 Å². The largest absolute Gasteiger partial charge is 0.462 e. The van der Waals surface area contributed by atoms with Crippen LogP contribution in [0.4, 0.5) is 11.4 Å². The predicted molar refractivity (Wildman–Crippen MR) is 135 cm³/mol. The van der Waals surface area contributed by atoms with Crippen molar-refractivity contribution in [3.8, 4) is 0 Å². The topological polar surface area (TPSA) is 149 Å². The molecule has 2 N–H and O–H groups in total. The van der Waals surface area contributed by atoms with Gasteiger partial charge in [0.25, 0.3) is 5.91 Å². The number of ether oxygens (including phenoxy) is 3. The predicted octanol–water partition coefficient (Wildman–Crippen LogP) is 2.91. The second-order valence-corrected chi connectivity index (χ2v) is 7.46. The summed E-state index contributed by atoms with van der Waals surface area (Å²) in [5.41, 5.74) is 2.76. The quantitative estimate of drug-likeness (QED) is 0.0716. The summed E-state index contributed by atoms with van der Waals surface area (Å²) in [7, 11) is 0. The molecule has 0 unspecified atom stereocenters. The van der Waals surface area contributed by atoms with Crippen molar-refractivity contribution in [2.24, 2.45) is 5.10 Å². The Morgan fingerprint density at radius 3 is 2.16 bits per heavy atom. The molecule has 11 nitrogen and oxygen atoms in total. The van der Waals surface area contributed by atoms with Crippen LogP contribution in [0.15, 0.2) is 72.4 Å². The van der Waals surface area contributed by atoms with E-state index in [1.807, 2.05) is 0 Å². The number of ketones is 1. The molecule has 0 aromatic heterocycles. The molecule has 37 heavy (non-hydrogen) atoms. The van der Waals surface area contributed by atoms with Gasteiger partial charge in [-0.05, 0) is 24.3 Å². The second-order valence-electron chi connectivity index (χ2n) is 7.05. The lowest BCUT2D eigenvalue weighted by atomic mass is 10.2. The zero-order valence-corrected chi connectivity index (χ0v) is 20.4. The van der Waals surface area contributed by atoms with Gasteiger partial charge in [0.15, 0.2) is 12.3 Å². The van der Waals surface area contributed by atoms with Crippen molar-refractivity contribution in [2.45, 2.75) is 12.8 Å². The van der Waals surface area contributed by atoms with Crippen molar-refractivity contribution in [1.29, 1.82) is 0 Å². The Balaban J connectivity index is 1.92. The third-order valence-electron chi connectivity index (χ3n) is 4.33. The maximum absolute atomic E-state index is 12.7. The van der Waals surface area contributed by atoms with E-state index in [2.05, 4.69) is 27.2 Å². The van der Waals surface area contributed by atoms with E-state index in [0.717, 1.165) is 6.08 Å². The number of nitrogens with one attached hydrogen (secondary N) is 2. The summed E-state index contributed by atoms with van der Waals surface area (Å²) in [5, 5.41) is 6.72. The van der Waals surface area contributed by atoms with Crippen LogP contribution in [0.25, 0.3) is 0 Å². The molecule has 2 aromatic carbocycles. The third-order valence-corrected chi connectivity index (χ3v) is 4.66. The fourth-order valence-electron chi connectivity index (χ4n) is 2.54. The molecule has 0 spiro atoms. The number of anilines is 2. The van der Waals surface area contributed by atoms with Gasteiger partial charge in [-0.15, -0.1) is 0 Å². The Morgan fingerprint density at radius 1 is 0.865 bits per heavy atom. The molecule has 0 fully saturated rings. The summed E-state index contributed by atoms with van der Waals surface area (Å²) in [6.07, 6.45) is 0.262. The Morgan fingerprint density at radius 2 is 1.49 bits per heavy atom. The molecule has 0 atom stereocenters. The van der Waals surface area contributed by atoms with Gasteiger partial charge in [-0.2, -0.15) is 5.10 Å². The monoisotopic (exact) mass is 529 g/mol. The SMILES string of the molecule is C=CC(=O)OCCOC(=O)CCC(=O)OCC(=O)/C(=N\Nc1ccccc1Cl)C(=O)Nc1ccccc1. The van der Waals surface area contributed by atoms with Crippen LogP contribution in [0.2, 0.25) is 5.02 Å². The van der Waals surface area contributed by atoms with Crippen LogP contribution < -0.4 is 10.7 Å². The summed E-state index contributed by atoms with van der Waals surface area (Å²) in [4.78, 5) is 60.0. The van der Waals surface area contributed by atoms with Crippen molar-refractivity contribution in [2.75, 3.05) is 30.6 Å². The Labute approximate surface area is 217 Å². The van der Waals surface area contributed by atoms with Crippen LogP contribution in [0.1, 0.15) is 12.8 Å². The number of rotatable bonds is 14. The van der Waals surface area contributed by atoms with Crippen LogP contribution in [0.3, 0.4) is 0 Å². The summed E-state index contributed by atoms with van der Waals surface area (Å²) < 4.78 is 14.3. The van der Waals surface area contributed by atoms with Crippen molar-refractivity contribution in [1.82, 2.24) is 0 Å². The fourth-order valence-corrected chi connectivity index (χ4v) is 2.72. The number of nitrogens with zero attached hydrogens (tertiary/aromatic N) is 1. The minimum atomic E-state index is -0.895. The van der Waals surface area contributed by atoms with Crippen molar-refractivity contribution >= 4 is 58.3 Å². The van der Waals surface area contributed by atoms with Crippen molar-refractivity contribution in [3.05, 3.63) is 72.3 Å². The number of benzene rings is 2. The number of hydrogen-bond acceptors (Lipinski definition) is 10. The molecule has 12 heteroatoms. The number of esters is 3. The number of Topliss-reactive ketones (excluding diaryl/α,β-unsaturated/α-hetero) is 1. The second kappa shape index (κ2) is 15.5. The summed E-state index contributed by atoms with van der Waals surface area (Å²) in [5.74, 6) is -4.00. The first-order valence-corrected chi connectivity index (χ1v) is 11.3. The highest BCUT2D eigenvalue weighted by atomic mass is 35.5. The average Bonchev–Trinajstić information content (AvgIpc) is 2.90. The smallest absolute Gasteiger partial charge is 0.330 e. The van der Waals surface area contributed by atoms with Crippen LogP contribution in [-0.2, 0) is 38.2 Å². The molecule has 0 bridgehead atoms. The number of halogens is 1. The molecule has 0 heterocycles. The lowest BCUT2D eigenvalue weighted by Crippen LogP contribution is -2.34. The molecule has 0 aliphatic rings. The number of carbonyl (C=O) groups is 5. The van der Waals surface area contributed by atoms with E-state index in [9.17, 15) is 24.0 Å². The van der Waals surface area contributed by atoms with E-state index >= 15 is 0 Å². The first-order chi connectivity index (χ1) is 17.8. The number of hydrazone groups is 1. The first-order valence-electron chi connectivity index (χ1n) is 10.9. The van der Waals surface area contributed by atoms with Crippen LogP contribution in [0, 0.1) is 0 Å². The van der Waals surface area contributed by atoms with Gasteiger partial charge >= 0.3 is 17.9 Å². The third kappa shape index (κ3) is 10.7. The molecule has 0 aliphatic heterocycles. The summed E-state index contributed by atoms with van der Waals surface area (Å²) >= 11 is 6.07. The maximum atomic E-state index is 12.7. The normalized spacial score (nSPS) is 10.6. The highest BCUT2D eigenvalue weighted by molar-refractivity contribution is 6.68. The van der Waals surface area contributed by atoms with Gasteiger partial charge in [0, 0.05) is 11.8 Å². The van der Waals surface area contributed by atoms with Gasteiger partial charge < -0.3 is 19.5 Å². The minimum absolute atomic E-state index is 0.162. The molecule has 194 valence electrons. The van der Waals surface area contributed by atoms with Gasteiger partial charge in [-0.3, -0.25) is 24.6 Å². The molecule has 2 aromatic rings. The lowest BCUT2D eigenvalue weighted by Gasteiger charge is -2.10. The molecular weight excluding hydrogens is 506 g/mol. The standard InChI is InChI=1S/C25H24ClN3O8/c1-2-21(31)35-14-15-36-22(32)12-13-23(33)37-16-20(30)24(25(34)27-17-8-4-3-5-9-17)29-28-19-11-7-6-10-18(19)26/h2-11,28H,1,12-16H2,(H,27,34)/b29-24+. The molecule has 0 saturated heterocycles.